The van der Waals surface area contributed by atoms with E-state index in [0.29, 0.717) is 6.61 Å². The minimum Gasteiger partial charge on any atom is -0.475 e. The van der Waals surface area contributed by atoms with Crippen molar-refractivity contribution in [1.29, 1.82) is 0 Å². The summed E-state index contributed by atoms with van der Waals surface area (Å²) in [6, 6.07) is 20.0. The highest BCUT2D eigenvalue weighted by Crippen LogP contribution is 2.39. The lowest BCUT2D eigenvalue weighted by Gasteiger charge is -2.23. The van der Waals surface area contributed by atoms with E-state index in [2.05, 4.69) is 94.6 Å². The number of thiophene rings is 1. The summed E-state index contributed by atoms with van der Waals surface area (Å²) in [5.74, 6) is 0.824. The summed E-state index contributed by atoms with van der Waals surface area (Å²) >= 11 is 1.75. The molecule has 1 aromatic heterocycles. The maximum atomic E-state index is 6.13. The number of hydrogen-bond acceptors (Lipinski definition) is 3. The van der Waals surface area contributed by atoms with Gasteiger partial charge in [-0.05, 0) is 60.4 Å². The molecule has 3 aromatic rings. The van der Waals surface area contributed by atoms with Crippen LogP contribution in [0.5, 0.6) is 0 Å². The number of rotatable bonds is 4. The van der Waals surface area contributed by atoms with Gasteiger partial charge >= 0.3 is 0 Å². The first-order valence-electron chi connectivity index (χ1n) is 10.1. The van der Waals surface area contributed by atoms with Crippen LogP contribution in [0, 0.1) is 19.3 Å². The van der Waals surface area contributed by atoms with Crippen LogP contribution in [0.1, 0.15) is 36.8 Å². The molecule has 0 saturated heterocycles. The Morgan fingerprint density at radius 3 is 2.00 bits per heavy atom. The molecule has 0 fully saturated rings. The zero-order chi connectivity index (χ0) is 20.6. The zero-order valence-electron chi connectivity index (χ0n) is 17.8. The second-order valence-electron chi connectivity index (χ2n) is 8.67. The molecule has 2 heterocycles. The average Bonchev–Trinajstić information content (AvgIpc) is 3.34. The van der Waals surface area contributed by atoms with Crippen LogP contribution in [0.3, 0.4) is 0 Å². The molecule has 29 heavy (non-hydrogen) atoms. The summed E-state index contributed by atoms with van der Waals surface area (Å²) in [7, 11) is -0.680. The van der Waals surface area contributed by atoms with Gasteiger partial charge in [0, 0.05) is 5.30 Å². The van der Waals surface area contributed by atoms with Gasteiger partial charge < -0.3 is 4.74 Å². The van der Waals surface area contributed by atoms with Crippen molar-refractivity contribution in [2.45, 2.75) is 40.7 Å². The zero-order valence-corrected chi connectivity index (χ0v) is 19.5. The molecule has 0 spiro atoms. The van der Waals surface area contributed by atoms with Gasteiger partial charge in [0.25, 0.3) is 0 Å². The molecule has 1 aliphatic heterocycles. The van der Waals surface area contributed by atoms with Crippen LogP contribution < -0.4 is 15.9 Å². The molecule has 0 radical (unpaired) electrons. The quantitative estimate of drug-likeness (QED) is 0.523. The standard InChI is InChI=1S/C25H28NOPS/c1-17-10-6-8-12-19(17)28(20-13-9-7-11-18(20)2)21-14-15-29-23(21)24-26-22(16-27-24)25(3,4)5/h6-15,22H,16H2,1-5H3/t22-/m1/s1. The van der Waals surface area contributed by atoms with Crippen LogP contribution in [0.25, 0.3) is 0 Å². The van der Waals surface area contributed by atoms with Gasteiger partial charge in [-0.3, -0.25) is 0 Å². The van der Waals surface area contributed by atoms with E-state index >= 15 is 0 Å². The number of hydrogen-bond donors (Lipinski definition) is 0. The van der Waals surface area contributed by atoms with Gasteiger partial charge in [0.2, 0.25) is 5.90 Å². The van der Waals surface area contributed by atoms with Gasteiger partial charge in [-0.2, -0.15) is 0 Å². The molecule has 0 aliphatic carbocycles. The highest BCUT2D eigenvalue weighted by Gasteiger charge is 2.33. The second-order valence-corrected chi connectivity index (χ2v) is 11.7. The summed E-state index contributed by atoms with van der Waals surface area (Å²) in [4.78, 5) is 6.18. The maximum Gasteiger partial charge on any atom is 0.227 e. The van der Waals surface area contributed by atoms with E-state index in [1.165, 1.54) is 31.9 Å². The summed E-state index contributed by atoms with van der Waals surface area (Å²) in [5, 5.41) is 6.35. The van der Waals surface area contributed by atoms with Crippen molar-refractivity contribution in [3.63, 3.8) is 0 Å². The van der Waals surface area contributed by atoms with E-state index in [1.54, 1.807) is 11.3 Å². The number of aryl methyl sites for hydroxylation is 2. The Hall–Kier alpha value is -1.96. The summed E-state index contributed by atoms with van der Waals surface area (Å²) < 4.78 is 6.13. The van der Waals surface area contributed by atoms with Gasteiger partial charge in [0.1, 0.15) is 6.61 Å². The molecule has 0 saturated carbocycles. The Bertz CT molecular complexity index is 1000. The van der Waals surface area contributed by atoms with E-state index in [4.69, 9.17) is 9.73 Å². The predicted molar refractivity (Wildman–Crippen MR) is 128 cm³/mol. The highest BCUT2D eigenvalue weighted by molar-refractivity contribution is 7.80. The van der Waals surface area contributed by atoms with Crippen LogP contribution >= 0.6 is 19.3 Å². The predicted octanol–water partition coefficient (Wildman–Crippen LogP) is 5.31. The normalized spacial score (nSPS) is 16.8. The molecule has 0 unspecified atom stereocenters. The molecule has 1 aliphatic rings. The Labute approximate surface area is 179 Å². The molecule has 0 N–H and O–H groups in total. The number of ether oxygens (including phenoxy) is 1. The van der Waals surface area contributed by atoms with Crippen molar-refractivity contribution in [2.24, 2.45) is 10.4 Å². The van der Waals surface area contributed by atoms with Crippen LogP contribution in [-0.4, -0.2) is 18.5 Å². The maximum absolute atomic E-state index is 6.13. The first-order valence-corrected chi connectivity index (χ1v) is 12.3. The van der Waals surface area contributed by atoms with Gasteiger partial charge in [-0.25, -0.2) is 4.99 Å². The lowest BCUT2D eigenvalue weighted by Crippen LogP contribution is -2.26. The van der Waals surface area contributed by atoms with Crippen LogP contribution in [0.15, 0.2) is 65.0 Å². The second kappa shape index (κ2) is 8.05. The fourth-order valence-corrected chi connectivity index (χ4v) is 7.50. The third kappa shape index (κ3) is 4.04. The molecular formula is C25H28NOPS. The third-order valence-electron chi connectivity index (χ3n) is 5.44. The molecule has 4 heteroatoms. The molecule has 0 bridgehead atoms. The lowest BCUT2D eigenvalue weighted by molar-refractivity contribution is 0.236. The molecule has 2 nitrogen and oxygen atoms in total. The third-order valence-corrected chi connectivity index (χ3v) is 9.32. The molecule has 4 rings (SSSR count). The summed E-state index contributed by atoms with van der Waals surface area (Å²) in [6.45, 7) is 11.8. The minimum absolute atomic E-state index is 0.107. The van der Waals surface area contributed by atoms with Gasteiger partial charge in [0.15, 0.2) is 0 Å². The smallest absolute Gasteiger partial charge is 0.227 e. The van der Waals surface area contributed by atoms with Gasteiger partial charge in [0.05, 0.1) is 10.9 Å². The minimum atomic E-state index is -0.680. The van der Waals surface area contributed by atoms with Crippen molar-refractivity contribution in [1.82, 2.24) is 0 Å². The molecule has 2 aromatic carbocycles. The Morgan fingerprint density at radius 2 is 1.48 bits per heavy atom. The fourth-order valence-electron chi connectivity index (χ4n) is 3.60. The summed E-state index contributed by atoms with van der Waals surface area (Å²) in [6.07, 6.45) is 0. The number of nitrogens with zero attached hydrogens (tertiary/aromatic N) is 1. The van der Waals surface area contributed by atoms with Gasteiger partial charge in [-0.15, -0.1) is 11.3 Å². The van der Waals surface area contributed by atoms with Crippen LogP contribution in [-0.2, 0) is 4.74 Å². The molecular weight excluding hydrogens is 393 g/mol. The average molecular weight is 422 g/mol. The highest BCUT2D eigenvalue weighted by atomic mass is 32.1. The molecule has 150 valence electrons. The van der Waals surface area contributed by atoms with E-state index < -0.39 is 7.92 Å². The summed E-state index contributed by atoms with van der Waals surface area (Å²) in [5.41, 5.74) is 2.78. The SMILES string of the molecule is Cc1ccccc1P(c1ccccc1C)c1ccsc1C1=N[C@@H](C(C)(C)C)CO1. The fraction of sp³-hybridized carbons (Fsp3) is 0.320. The lowest BCUT2D eigenvalue weighted by atomic mass is 9.88. The van der Waals surface area contributed by atoms with E-state index in [0.717, 1.165) is 5.90 Å². The monoisotopic (exact) mass is 421 g/mol. The van der Waals surface area contributed by atoms with Gasteiger partial charge in [-0.1, -0.05) is 69.3 Å². The Balaban J connectivity index is 1.86. The first-order chi connectivity index (χ1) is 13.9. The Kier molecular flexibility index (Phi) is 5.64. The first kappa shape index (κ1) is 20.3. The van der Waals surface area contributed by atoms with Crippen molar-refractivity contribution in [2.75, 3.05) is 6.61 Å². The van der Waals surface area contributed by atoms with Crippen LogP contribution in [0.2, 0.25) is 0 Å². The number of aliphatic imine (C=N–C) groups is 1. The van der Waals surface area contributed by atoms with E-state index in [9.17, 15) is 0 Å². The van der Waals surface area contributed by atoms with E-state index in [-0.39, 0.29) is 11.5 Å². The molecule has 1 atom stereocenters. The van der Waals surface area contributed by atoms with Crippen molar-refractivity contribution in [3.8, 4) is 0 Å². The number of benzene rings is 2. The van der Waals surface area contributed by atoms with E-state index in [1.807, 2.05) is 0 Å². The van der Waals surface area contributed by atoms with Crippen molar-refractivity contribution in [3.05, 3.63) is 76.0 Å². The van der Waals surface area contributed by atoms with Crippen LogP contribution in [0.4, 0.5) is 0 Å². The van der Waals surface area contributed by atoms with Crippen molar-refractivity contribution < 1.29 is 4.74 Å². The Morgan fingerprint density at radius 1 is 0.897 bits per heavy atom. The largest absolute Gasteiger partial charge is 0.475 e. The van der Waals surface area contributed by atoms with Crippen molar-refractivity contribution >= 4 is 41.1 Å². The molecule has 0 amide bonds. The topological polar surface area (TPSA) is 21.6 Å².